The Kier molecular flexibility index (Phi) is 7.09. The molecule has 0 bridgehead atoms. The maximum Gasteiger partial charge on any atom is 0.0802 e. The maximum absolute atomic E-state index is 5.16. The summed E-state index contributed by atoms with van der Waals surface area (Å²) in [6.45, 7) is 1.98. The Hall–Kier alpha value is -2.58. The van der Waals surface area contributed by atoms with Crippen molar-refractivity contribution >= 4 is 29.4 Å². The molecule has 4 aromatic rings. The number of hydrogen-bond donors (Lipinski definition) is 0. The molecule has 3 nitrogen and oxygen atoms in total. The van der Waals surface area contributed by atoms with Crippen molar-refractivity contribution in [2.75, 3.05) is 34.2 Å². The van der Waals surface area contributed by atoms with Crippen molar-refractivity contribution < 1.29 is 0 Å². The summed E-state index contributed by atoms with van der Waals surface area (Å²) in [4.78, 5) is 9.89. The topological polar surface area (TPSA) is 19.4 Å². The third kappa shape index (κ3) is 5.19. The first kappa shape index (κ1) is 21.6. The van der Waals surface area contributed by atoms with Crippen molar-refractivity contribution in [1.82, 2.24) is 14.8 Å². The Morgan fingerprint density at radius 3 is 1.87 bits per heavy atom. The molecule has 0 aliphatic rings. The number of hydrogen-bond acceptors (Lipinski definition) is 3. The highest BCUT2D eigenvalue weighted by Crippen LogP contribution is 2.50. The highest BCUT2D eigenvalue weighted by atomic mass is 31.1. The van der Waals surface area contributed by atoms with Gasteiger partial charge in [0.05, 0.1) is 17.0 Å². The Bertz CT molecular complexity index is 1060. The zero-order valence-corrected chi connectivity index (χ0v) is 19.4. The van der Waals surface area contributed by atoms with Crippen LogP contribution in [-0.4, -0.2) is 49.0 Å². The summed E-state index contributed by atoms with van der Waals surface area (Å²) in [5, 5.41) is 3.94. The highest BCUT2D eigenvalue weighted by molar-refractivity contribution is 7.73. The van der Waals surface area contributed by atoms with Gasteiger partial charge in [-0.15, -0.1) is 0 Å². The van der Waals surface area contributed by atoms with Crippen molar-refractivity contribution in [3.63, 3.8) is 0 Å². The molecule has 3 aromatic carbocycles. The predicted octanol–water partition coefficient (Wildman–Crippen LogP) is 4.86. The Morgan fingerprint density at radius 2 is 1.26 bits per heavy atom. The molecule has 1 unspecified atom stereocenters. The molecule has 31 heavy (non-hydrogen) atoms. The fraction of sp³-hybridized carbons (Fsp3) is 0.222. The van der Waals surface area contributed by atoms with Gasteiger partial charge in [0.15, 0.2) is 0 Å². The van der Waals surface area contributed by atoms with E-state index in [1.54, 1.807) is 0 Å². The molecule has 0 saturated heterocycles. The van der Waals surface area contributed by atoms with Crippen molar-refractivity contribution in [2.45, 2.75) is 5.78 Å². The molecule has 1 atom stereocenters. The van der Waals surface area contributed by atoms with E-state index >= 15 is 0 Å². The largest absolute Gasteiger partial charge is 0.308 e. The molecule has 0 aliphatic carbocycles. The lowest BCUT2D eigenvalue weighted by molar-refractivity contribution is 0.266. The highest BCUT2D eigenvalue weighted by Gasteiger charge is 2.30. The van der Waals surface area contributed by atoms with E-state index in [2.05, 4.69) is 128 Å². The average molecular weight is 428 g/mol. The standard InChI is InChI=1S/C27H30N3P/c1-29(2)20-21-30(3)27(26-19-18-22-12-10-11-17-25(22)28-26)31(23-13-6-4-7-14-23)24-15-8-5-9-16-24/h4-19,27H,20-21H2,1-3H3. The molecule has 0 radical (unpaired) electrons. The van der Waals surface area contributed by atoms with Gasteiger partial charge in [-0.2, -0.15) is 0 Å². The van der Waals surface area contributed by atoms with E-state index in [1.165, 1.54) is 16.0 Å². The van der Waals surface area contributed by atoms with Gasteiger partial charge in [0.1, 0.15) is 0 Å². The number of benzene rings is 3. The van der Waals surface area contributed by atoms with Crippen molar-refractivity contribution in [1.29, 1.82) is 0 Å². The molecule has 158 valence electrons. The number of likely N-dealkylation sites (N-methyl/N-ethyl adjacent to an activating group) is 2. The van der Waals surface area contributed by atoms with Crippen LogP contribution in [0.3, 0.4) is 0 Å². The molecule has 0 fully saturated rings. The van der Waals surface area contributed by atoms with Crippen LogP contribution in [0.25, 0.3) is 10.9 Å². The van der Waals surface area contributed by atoms with E-state index < -0.39 is 7.92 Å². The Morgan fingerprint density at radius 1 is 0.677 bits per heavy atom. The van der Waals surface area contributed by atoms with E-state index in [0.717, 1.165) is 24.3 Å². The smallest absolute Gasteiger partial charge is 0.0802 e. The molecular weight excluding hydrogens is 397 g/mol. The second-order valence-electron chi connectivity index (χ2n) is 8.13. The molecule has 0 N–H and O–H groups in total. The van der Waals surface area contributed by atoms with Crippen molar-refractivity contribution in [2.24, 2.45) is 0 Å². The SMILES string of the molecule is CN(C)CCN(C)C(c1ccc2ccccc2n1)P(c1ccccc1)c1ccccc1. The van der Waals surface area contributed by atoms with Gasteiger partial charge in [-0.1, -0.05) is 84.9 Å². The lowest BCUT2D eigenvalue weighted by atomic mass is 10.2. The van der Waals surface area contributed by atoms with E-state index in [4.69, 9.17) is 4.98 Å². The van der Waals surface area contributed by atoms with Crippen LogP contribution in [0.2, 0.25) is 0 Å². The third-order valence-electron chi connectivity index (χ3n) is 5.52. The normalized spacial score (nSPS) is 12.7. The monoisotopic (exact) mass is 427 g/mol. The predicted molar refractivity (Wildman–Crippen MR) is 135 cm³/mol. The van der Waals surface area contributed by atoms with Crippen LogP contribution in [0.4, 0.5) is 0 Å². The van der Waals surface area contributed by atoms with Gasteiger partial charge in [0.25, 0.3) is 0 Å². The molecule has 0 aliphatic heterocycles. The number of pyridine rings is 1. The first-order valence-corrected chi connectivity index (χ1v) is 12.1. The molecule has 1 aromatic heterocycles. The number of rotatable bonds is 8. The van der Waals surface area contributed by atoms with Gasteiger partial charge < -0.3 is 4.90 Å². The quantitative estimate of drug-likeness (QED) is 0.375. The number of fused-ring (bicyclic) bond motifs is 1. The molecule has 0 saturated carbocycles. The van der Waals surface area contributed by atoms with Crippen LogP contribution in [-0.2, 0) is 0 Å². The molecular formula is C27H30N3P. The summed E-state index contributed by atoms with van der Waals surface area (Å²) < 4.78 is 0. The Labute approximate surface area is 187 Å². The fourth-order valence-electron chi connectivity index (χ4n) is 3.87. The fourth-order valence-corrected chi connectivity index (χ4v) is 6.64. The van der Waals surface area contributed by atoms with E-state index in [9.17, 15) is 0 Å². The minimum atomic E-state index is -0.671. The van der Waals surface area contributed by atoms with Crippen LogP contribution >= 0.6 is 7.92 Å². The molecule has 1 heterocycles. The second kappa shape index (κ2) is 10.2. The summed E-state index contributed by atoms with van der Waals surface area (Å²) >= 11 is 0. The minimum absolute atomic E-state index is 0.185. The zero-order chi connectivity index (χ0) is 21.6. The molecule has 0 spiro atoms. The minimum Gasteiger partial charge on any atom is -0.308 e. The number of nitrogens with zero attached hydrogens (tertiary/aromatic N) is 3. The van der Waals surface area contributed by atoms with Gasteiger partial charge in [0.2, 0.25) is 0 Å². The third-order valence-corrected chi connectivity index (χ3v) is 8.37. The van der Waals surface area contributed by atoms with E-state index in [1.807, 2.05) is 0 Å². The first-order valence-electron chi connectivity index (χ1n) is 10.7. The number of aromatic nitrogens is 1. The van der Waals surface area contributed by atoms with Gasteiger partial charge >= 0.3 is 0 Å². The summed E-state index contributed by atoms with van der Waals surface area (Å²) in [5.74, 6) is 0.185. The molecule has 4 rings (SSSR count). The van der Waals surface area contributed by atoms with Gasteiger partial charge in [-0.25, -0.2) is 0 Å². The van der Waals surface area contributed by atoms with Crippen LogP contribution in [0, 0.1) is 0 Å². The van der Waals surface area contributed by atoms with Gasteiger partial charge in [-0.3, -0.25) is 9.88 Å². The number of para-hydroxylation sites is 1. The van der Waals surface area contributed by atoms with Crippen LogP contribution in [0.5, 0.6) is 0 Å². The van der Waals surface area contributed by atoms with Gasteiger partial charge in [-0.05, 0) is 51.8 Å². The molecule has 0 amide bonds. The summed E-state index contributed by atoms with van der Waals surface area (Å²) in [6, 6.07) is 34.7. The Balaban J connectivity index is 1.85. The maximum atomic E-state index is 5.16. The lowest BCUT2D eigenvalue weighted by Crippen LogP contribution is -2.34. The van der Waals surface area contributed by atoms with Crippen molar-refractivity contribution in [3.8, 4) is 0 Å². The van der Waals surface area contributed by atoms with Crippen LogP contribution < -0.4 is 10.6 Å². The second-order valence-corrected chi connectivity index (χ2v) is 10.4. The molecule has 4 heteroatoms. The average Bonchev–Trinajstić information content (AvgIpc) is 2.81. The van der Waals surface area contributed by atoms with E-state index in [0.29, 0.717) is 0 Å². The lowest BCUT2D eigenvalue weighted by Gasteiger charge is -2.36. The summed E-state index contributed by atoms with van der Waals surface area (Å²) in [6.07, 6.45) is 0. The summed E-state index contributed by atoms with van der Waals surface area (Å²) in [7, 11) is 5.84. The van der Waals surface area contributed by atoms with Crippen LogP contribution in [0.15, 0.2) is 97.1 Å². The zero-order valence-electron chi connectivity index (χ0n) is 18.5. The van der Waals surface area contributed by atoms with Crippen LogP contribution in [0.1, 0.15) is 11.5 Å². The van der Waals surface area contributed by atoms with Gasteiger partial charge in [0, 0.05) is 18.5 Å². The summed E-state index contributed by atoms with van der Waals surface area (Å²) in [5.41, 5.74) is 2.20. The van der Waals surface area contributed by atoms with E-state index in [-0.39, 0.29) is 5.78 Å². The first-order chi connectivity index (χ1) is 15.1. The van der Waals surface area contributed by atoms with Crippen molar-refractivity contribution in [3.05, 3.63) is 103 Å².